The lowest BCUT2D eigenvalue weighted by Crippen LogP contribution is -2.06. The number of halogens is 6. The van der Waals surface area contributed by atoms with Gasteiger partial charge in [0.25, 0.3) is 0 Å². The molecule has 0 aliphatic rings. The van der Waals surface area contributed by atoms with Gasteiger partial charge in [0.1, 0.15) is 5.82 Å². The Labute approximate surface area is 153 Å². The Hall–Kier alpha value is -1.30. The summed E-state index contributed by atoms with van der Waals surface area (Å²) in [6.45, 7) is 3.61. The largest absolute Gasteiger partial charge is 0.494 e. The third-order valence-corrected chi connectivity index (χ3v) is 3.54. The number of rotatable bonds is 3. The van der Waals surface area contributed by atoms with Crippen LogP contribution in [0.2, 0.25) is 15.1 Å². The summed E-state index contributed by atoms with van der Waals surface area (Å²) in [7, 11) is 1.28. The molecule has 2 nitrogen and oxygen atoms in total. The van der Waals surface area contributed by atoms with Crippen molar-refractivity contribution in [3.8, 4) is 11.5 Å². The van der Waals surface area contributed by atoms with Gasteiger partial charge in [-0.2, -0.15) is 0 Å². The highest BCUT2D eigenvalue weighted by Crippen LogP contribution is 2.30. The Kier molecular flexibility index (Phi) is 8.00. The molecule has 0 radical (unpaired) electrons. The van der Waals surface area contributed by atoms with E-state index in [1.807, 2.05) is 13.8 Å². The predicted octanol–water partition coefficient (Wildman–Crippen LogP) is 6.55. The fourth-order valence-corrected chi connectivity index (χ4v) is 1.97. The van der Waals surface area contributed by atoms with Gasteiger partial charge in [-0.3, -0.25) is 0 Å². The molecule has 0 spiro atoms. The molecule has 2 aromatic carbocycles. The van der Waals surface area contributed by atoms with Crippen LogP contribution in [0.1, 0.15) is 13.8 Å². The van der Waals surface area contributed by atoms with E-state index >= 15 is 0 Å². The molecule has 0 N–H and O–H groups in total. The van der Waals surface area contributed by atoms with E-state index in [-0.39, 0.29) is 27.6 Å². The molecule has 0 aliphatic carbocycles. The summed E-state index contributed by atoms with van der Waals surface area (Å²) in [5, 5.41) is 0.331. The van der Waals surface area contributed by atoms with E-state index < -0.39 is 17.5 Å². The fraction of sp³-hybridized carbons (Fsp3) is 0.250. The van der Waals surface area contributed by atoms with E-state index in [0.29, 0.717) is 11.1 Å². The summed E-state index contributed by atoms with van der Waals surface area (Å²) in [5.41, 5.74) is 0. The number of methoxy groups -OCH3 is 1. The summed E-state index contributed by atoms with van der Waals surface area (Å²) < 4.78 is 47.9. The highest BCUT2D eigenvalue weighted by molar-refractivity contribution is 6.42. The summed E-state index contributed by atoms with van der Waals surface area (Å²) in [6, 6.07) is 4.29. The van der Waals surface area contributed by atoms with Crippen molar-refractivity contribution in [2.45, 2.75) is 20.0 Å². The van der Waals surface area contributed by atoms with Gasteiger partial charge < -0.3 is 9.47 Å². The molecular weight excluding hydrogens is 388 g/mol. The molecule has 24 heavy (non-hydrogen) atoms. The number of ether oxygens (including phenoxy) is 2. The predicted molar refractivity (Wildman–Crippen MR) is 90.1 cm³/mol. The Balaban J connectivity index is 0.000000243. The first-order valence-corrected chi connectivity index (χ1v) is 7.78. The lowest BCUT2D eigenvalue weighted by Gasteiger charge is -2.10. The Morgan fingerprint density at radius 2 is 1.25 bits per heavy atom. The second-order valence-electron chi connectivity index (χ2n) is 4.76. The van der Waals surface area contributed by atoms with Crippen LogP contribution in [0.5, 0.6) is 11.5 Å². The normalized spacial score (nSPS) is 10.2. The average Bonchev–Trinajstić information content (AvgIpc) is 2.49. The van der Waals surface area contributed by atoms with Crippen LogP contribution in [0, 0.1) is 17.5 Å². The zero-order valence-electron chi connectivity index (χ0n) is 13.0. The molecule has 0 amide bonds. The minimum absolute atomic E-state index is 0.0589. The van der Waals surface area contributed by atoms with E-state index in [0.717, 1.165) is 12.1 Å². The van der Waals surface area contributed by atoms with Gasteiger partial charge >= 0.3 is 0 Å². The molecule has 132 valence electrons. The molecule has 0 aromatic heterocycles. The maximum absolute atomic E-state index is 13.1. The third kappa shape index (κ3) is 5.96. The van der Waals surface area contributed by atoms with Gasteiger partial charge in [-0.25, -0.2) is 13.2 Å². The molecule has 0 unspecified atom stereocenters. The van der Waals surface area contributed by atoms with Gasteiger partial charge in [0.15, 0.2) is 23.1 Å². The van der Waals surface area contributed by atoms with Crippen LogP contribution in [-0.4, -0.2) is 13.2 Å². The van der Waals surface area contributed by atoms with Crippen molar-refractivity contribution in [1.29, 1.82) is 0 Å². The van der Waals surface area contributed by atoms with Crippen LogP contribution < -0.4 is 9.47 Å². The van der Waals surface area contributed by atoms with Crippen molar-refractivity contribution in [3.63, 3.8) is 0 Å². The lowest BCUT2D eigenvalue weighted by atomic mass is 10.3. The van der Waals surface area contributed by atoms with Crippen LogP contribution in [-0.2, 0) is 0 Å². The molecule has 0 atom stereocenters. The van der Waals surface area contributed by atoms with Gasteiger partial charge in [0.2, 0.25) is 0 Å². The zero-order valence-corrected chi connectivity index (χ0v) is 15.2. The van der Waals surface area contributed by atoms with Crippen molar-refractivity contribution >= 4 is 34.8 Å². The average molecular weight is 402 g/mol. The standard InChI is InChI=1S/C9H9Cl2FO.C7H5ClF2O/c1-5(2)13-9-4-7(11)6(10)3-8(9)12;1-11-7-2-4(8)5(9)3-6(7)10/h3-5H,1-2H3;2-3H,1H3. The van der Waals surface area contributed by atoms with Gasteiger partial charge in [-0.05, 0) is 19.9 Å². The fourth-order valence-electron chi connectivity index (χ4n) is 1.51. The summed E-state index contributed by atoms with van der Waals surface area (Å²) in [6.07, 6.45) is -0.0910. The molecule has 2 aromatic rings. The molecule has 0 aliphatic heterocycles. The van der Waals surface area contributed by atoms with Gasteiger partial charge in [-0.1, -0.05) is 34.8 Å². The number of benzene rings is 2. The molecule has 0 fully saturated rings. The Morgan fingerprint density at radius 3 is 1.79 bits per heavy atom. The van der Waals surface area contributed by atoms with Crippen molar-refractivity contribution in [2.24, 2.45) is 0 Å². The smallest absolute Gasteiger partial charge is 0.168 e. The quantitative estimate of drug-likeness (QED) is 0.543. The Morgan fingerprint density at radius 1 is 0.750 bits per heavy atom. The first-order chi connectivity index (χ1) is 11.1. The van der Waals surface area contributed by atoms with Crippen molar-refractivity contribution in [3.05, 3.63) is 56.8 Å². The van der Waals surface area contributed by atoms with Crippen LogP contribution in [0.3, 0.4) is 0 Å². The van der Waals surface area contributed by atoms with E-state index in [9.17, 15) is 13.2 Å². The first-order valence-electron chi connectivity index (χ1n) is 6.65. The maximum Gasteiger partial charge on any atom is 0.168 e. The minimum Gasteiger partial charge on any atom is -0.494 e. The van der Waals surface area contributed by atoms with Crippen LogP contribution in [0.4, 0.5) is 13.2 Å². The SMILES string of the molecule is CC(C)Oc1cc(Cl)c(Cl)cc1F.COc1cc(Cl)c(F)cc1F. The van der Waals surface area contributed by atoms with E-state index in [1.54, 1.807) is 0 Å². The van der Waals surface area contributed by atoms with E-state index in [1.165, 1.54) is 13.2 Å². The van der Waals surface area contributed by atoms with Crippen LogP contribution in [0.25, 0.3) is 0 Å². The highest BCUT2D eigenvalue weighted by Gasteiger charge is 2.09. The van der Waals surface area contributed by atoms with Crippen molar-refractivity contribution < 1.29 is 22.6 Å². The van der Waals surface area contributed by atoms with E-state index in [2.05, 4.69) is 4.74 Å². The molecule has 0 bridgehead atoms. The van der Waals surface area contributed by atoms with E-state index in [4.69, 9.17) is 39.5 Å². The second-order valence-corrected chi connectivity index (χ2v) is 5.99. The minimum atomic E-state index is -0.787. The number of hydrogen-bond acceptors (Lipinski definition) is 2. The zero-order chi connectivity index (χ0) is 18.4. The van der Waals surface area contributed by atoms with Gasteiger partial charge in [0.05, 0.1) is 28.3 Å². The summed E-state index contributed by atoms with van der Waals surface area (Å²) in [5.74, 6) is -1.97. The molecule has 0 saturated carbocycles. The molecule has 8 heteroatoms. The Bertz CT molecular complexity index is 709. The van der Waals surface area contributed by atoms with Gasteiger partial charge in [0, 0.05) is 18.2 Å². The van der Waals surface area contributed by atoms with Gasteiger partial charge in [-0.15, -0.1) is 0 Å². The molecule has 2 rings (SSSR count). The lowest BCUT2D eigenvalue weighted by molar-refractivity contribution is 0.231. The molecule has 0 saturated heterocycles. The van der Waals surface area contributed by atoms with Crippen molar-refractivity contribution in [2.75, 3.05) is 7.11 Å². The number of hydrogen-bond donors (Lipinski definition) is 0. The topological polar surface area (TPSA) is 18.5 Å². The first kappa shape index (κ1) is 20.7. The second kappa shape index (κ2) is 9.25. The molecular formula is C16H14Cl3F3O2. The highest BCUT2D eigenvalue weighted by atomic mass is 35.5. The van der Waals surface area contributed by atoms with Crippen LogP contribution in [0.15, 0.2) is 24.3 Å². The third-order valence-electron chi connectivity index (χ3n) is 2.53. The monoisotopic (exact) mass is 400 g/mol. The van der Waals surface area contributed by atoms with Crippen LogP contribution >= 0.6 is 34.8 Å². The molecule has 0 heterocycles. The van der Waals surface area contributed by atoms with Crippen molar-refractivity contribution in [1.82, 2.24) is 0 Å². The maximum atomic E-state index is 13.1. The summed E-state index contributed by atoms with van der Waals surface area (Å²) in [4.78, 5) is 0. The summed E-state index contributed by atoms with van der Waals surface area (Å²) >= 11 is 16.6.